The largest absolute Gasteiger partial charge is 0.466 e. The van der Waals surface area contributed by atoms with Crippen molar-refractivity contribution in [3.05, 3.63) is 0 Å². The first-order valence-corrected chi connectivity index (χ1v) is 8.80. The molecule has 1 atom stereocenters. The molecule has 0 aromatic carbocycles. The zero-order valence-corrected chi connectivity index (χ0v) is 14.1. The van der Waals surface area contributed by atoms with Crippen molar-refractivity contribution in [3.8, 4) is 0 Å². The van der Waals surface area contributed by atoms with Gasteiger partial charge in [0.05, 0.1) is 6.61 Å². The van der Waals surface area contributed by atoms with Gasteiger partial charge >= 0.3 is 5.97 Å². The molecule has 0 saturated carbocycles. The Hall–Kier alpha value is -0.530. The van der Waals surface area contributed by atoms with E-state index in [0.29, 0.717) is 6.61 Å². The lowest BCUT2D eigenvalue weighted by Gasteiger charge is -2.07. The fourth-order valence-electron chi connectivity index (χ4n) is 2.43. The Balaban J connectivity index is 3.01. The second kappa shape index (κ2) is 14.9. The lowest BCUT2D eigenvalue weighted by molar-refractivity contribution is -0.141. The molecule has 0 bridgehead atoms. The molecule has 0 saturated heterocycles. The van der Waals surface area contributed by atoms with Crippen molar-refractivity contribution in [1.82, 2.24) is 0 Å². The molecule has 1 unspecified atom stereocenters. The minimum Gasteiger partial charge on any atom is -0.466 e. The van der Waals surface area contributed by atoms with Crippen LogP contribution in [0.1, 0.15) is 97.8 Å². The van der Waals surface area contributed by atoms with E-state index in [1.807, 2.05) is 0 Å². The highest BCUT2D eigenvalue weighted by molar-refractivity contribution is 5.65. The topological polar surface area (TPSA) is 26.3 Å². The van der Waals surface area contributed by atoms with Crippen LogP contribution in [-0.2, 0) is 9.53 Å². The van der Waals surface area contributed by atoms with Crippen molar-refractivity contribution in [3.63, 3.8) is 0 Å². The summed E-state index contributed by atoms with van der Waals surface area (Å²) in [5, 5.41) is 0. The highest BCUT2D eigenvalue weighted by atomic mass is 16.5. The summed E-state index contributed by atoms with van der Waals surface area (Å²) in [5.41, 5.74) is 0. The quantitative estimate of drug-likeness (QED) is 0.294. The molecule has 0 heterocycles. The number of carbonyl (C=O) groups is 1. The summed E-state index contributed by atoms with van der Waals surface area (Å²) in [6, 6.07) is 0. The summed E-state index contributed by atoms with van der Waals surface area (Å²) in [7, 11) is 0. The van der Waals surface area contributed by atoms with Crippen molar-refractivity contribution in [2.24, 2.45) is 5.92 Å². The van der Waals surface area contributed by atoms with Crippen LogP contribution in [0.3, 0.4) is 0 Å². The maximum atomic E-state index is 10.6. The molecule has 0 aliphatic carbocycles. The minimum atomic E-state index is -0.154. The average Bonchev–Trinajstić information content (AvgIpc) is 2.43. The van der Waals surface area contributed by atoms with Gasteiger partial charge in [-0.05, 0) is 12.3 Å². The lowest BCUT2D eigenvalue weighted by atomic mass is 9.99. The van der Waals surface area contributed by atoms with Crippen LogP contribution in [0.15, 0.2) is 0 Å². The van der Waals surface area contributed by atoms with Crippen LogP contribution in [0.2, 0.25) is 0 Å². The average molecular weight is 284 g/mol. The summed E-state index contributed by atoms with van der Waals surface area (Å²) >= 11 is 0. The van der Waals surface area contributed by atoms with Gasteiger partial charge in [0.15, 0.2) is 0 Å². The molecule has 2 nitrogen and oxygen atoms in total. The molecule has 0 aliphatic rings. The van der Waals surface area contributed by atoms with Gasteiger partial charge in [-0.3, -0.25) is 4.79 Å². The Kier molecular flexibility index (Phi) is 14.5. The van der Waals surface area contributed by atoms with Crippen molar-refractivity contribution in [2.45, 2.75) is 97.8 Å². The first-order valence-electron chi connectivity index (χ1n) is 8.80. The summed E-state index contributed by atoms with van der Waals surface area (Å²) < 4.78 is 4.91. The molecule has 0 aliphatic heterocycles. The third-order valence-corrected chi connectivity index (χ3v) is 4.09. The fraction of sp³-hybridized carbons (Fsp3) is 0.944. The van der Waals surface area contributed by atoms with Gasteiger partial charge in [-0.1, -0.05) is 84.5 Å². The van der Waals surface area contributed by atoms with E-state index in [1.165, 1.54) is 77.6 Å². The third-order valence-electron chi connectivity index (χ3n) is 4.09. The van der Waals surface area contributed by atoms with E-state index < -0.39 is 0 Å². The second-order valence-corrected chi connectivity index (χ2v) is 6.18. The SMILES string of the molecule is CCC(C)CCCCCCCCCCCCOC(C)=O. The van der Waals surface area contributed by atoms with Gasteiger partial charge in [0, 0.05) is 6.92 Å². The predicted molar refractivity (Wildman–Crippen MR) is 86.9 cm³/mol. The number of hydrogen-bond donors (Lipinski definition) is 0. The zero-order chi connectivity index (χ0) is 15.1. The third kappa shape index (κ3) is 15.5. The maximum Gasteiger partial charge on any atom is 0.302 e. The predicted octanol–water partition coefficient (Wildman–Crippen LogP) is 5.89. The Morgan fingerprint density at radius 3 is 1.75 bits per heavy atom. The zero-order valence-electron chi connectivity index (χ0n) is 14.1. The molecule has 0 rings (SSSR count). The number of carbonyl (C=O) groups excluding carboxylic acids is 1. The van der Waals surface area contributed by atoms with Crippen LogP contribution < -0.4 is 0 Å². The number of rotatable bonds is 14. The summed E-state index contributed by atoms with van der Waals surface area (Å²) in [5.74, 6) is 0.764. The highest BCUT2D eigenvalue weighted by Crippen LogP contribution is 2.15. The number of unbranched alkanes of at least 4 members (excludes halogenated alkanes) is 9. The minimum absolute atomic E-state index is 0.154. The fourth-order valence-corrected chi connectivity index (χ4v) is 2.43. The van der Waals surface area contributed by atoms with E-state index in [2.05, 4.69) is 13.8 Å². The maximum absolute atomic E-state index is 10.6. The highest BCUT2D eigenvalue weighted by Gasteiger charge is 1.98. The molecular formula is C18H36O2. The van der Waals surface area contributed by atoms with Crippen molar-refractivity contribution < 1.29 is 9.53 Å². The van der Waals surface area contributed by atoms with E-state index in [4.69, 9.17) is 4.74 Å². The number of esters is 1. The second-order valence-electron chi connectivity index (χ2n) is 6.18. The van der Waals surface area contributed by atoms with Crippen LogP contribution in [0.4, 0.5) is 0 Å². The molecule has 0 aromatic heterocycles. The molecule has 0 radical (unpaired) electrons. The molecule has 2 heteroatoms. The molecule has 20 heavy (non-hydrogen) atoms. The molecule has 0 amide bonds. The number of ether oxygens (including phenoxy) is 1. The van der Waals surface area contributed by atoms with Crippen LogP contribution in [-0.4, -0.2) is 12.6 Å². The van der Waals surface area contributed by atoms with Gasteiger partial charge in [-0.25, -0.2) is 0 Å². The Bertz CT molecular complexity index is 213. The first kappa shape index (κ1) is 19.5. The van der Waals surface area contributed by atoms with E-state index in [0.717, 1.165) is 12.3 Å². The summed E-state index contributed by atoms with van der Waals surface area (Å²) in [6.07, 6.45) is 16.0. The van der Waals surface area contributed by atoms with E-state index in [-0.39, 0.29) is 5.97 Å². The van der Waals surface area contributed by atoms with Gasteiger partial charge < -0.3 is 4.74 Å². The first-order chi connectivity index (χ1) is 9.66. The molecule has 0 spiro atoms. The van der Waals surface area contributed by atoms with Gasteiger partial charge in [-0.2, -0.15) is 0 Å². The molecule has 0 aromatic rings. The Morgan fingerprint density at radius 1 is 0.850 bits per heavy atom. The van der Waals surface area contributed by atoms with Crippen LogP contribution >= 0.6 is 0 Å². The summed E-state index contributed by atoms with van der Waals surface area (Å²) in [4.78, 5) is 10.6. The monoisotopic (exact) mass is 284 g/mol. The van der Waals surface area contributed by atoms with Crippen LogP contribution in [0.5, 0.6) is 0 Å². The standard InChI is InChI=1S/C18H36O2/c1-4-17(2)15-13-11-9-7-5-6-8-10-12-14-16-20-18(3)19/h17H,4-16H2,1-3H3. The van der Waals surface area contributed by atoms with Crippen molar-refractivity contribution in [1.29, 1.82) is 0 Å². The van der Waals surface area contributed by atoms with E-state index in [1.54, 1.807) is 0 Å². The Labute approximate surface area is 126 Å². The Morgan fingerprint density at radius 2 is 1.30 bits per heavy atom. The molecule has 0 fully saturated rings. The number of hydrogen-bond acceptors (Lipinski definition) is 2. The van der Waals surface area contributed by atoms with Gasteiger partial charge in [0.2, 0.25) is 0 Å². The van der Waals surface area contributed by atoms with Gasteiger partial charge in [0.25, 0.3) is 0 Å². The van der Waals surface area contributed by atoms with Crippen molar-refractivity contribution >= 4 is 5.97 Å². The molecular weight excluding hydrogens is 248 g/mol. The van der Waals surface area contributed by atoms with Crippen LogP contribution in [0, 0.1) is 5.92 Å². The normalized spacial score (nSPS) is 12.3. The van der Waals surface area contributed by atoms with Crippen LogP contribution in [0.25, 0.3) is 0 Å². The lowest BCUT2D eigenvalue weighted by Crippen LogP contribution is -2.00. The van der Waals surface area contributed by atoms with Gasteiger partial charge in [0.1, 0.15) is 0 Å². The van der Waals surface area contributed by atoms with E-state index in [9.17, 15) is 4.79 Å². The van der Waals surface area contributed by atoms with Crippen molar-refractivity contribution in [2.75, 3.05) is 6.61 Å². The van der Waals surface area contributed by atoms with Gasteiger partial charge in [-0.15, -0.1) is 0 Å². The molecule has 0 N–H and O–H groups in total. The summed E-state index contributed by atoms with van der Waals surface area (Å²) in [6.45, 7) is 6.73. The smallest absolute Gasteiger partial charge is 0.302 e. The molecule has 120 valence electrons. The van der Waals surface area contributed by atoms with E-state index >= 15 is 0 Å².